The second-order valence-corrected chi connectivity index (χ2v) is 3.51. The van der Waals surface area contributed by atoms with E-state index in [9.17, 15) is 4.79 Å². The molecule has 0 fully saturated rings. The number of aldehydes is 1. The lowest BCUT2D eigenvalue weighted by atomic mass is 10.0. The number of benzene rings is 1. The lowest BCUT2D eigenvalue weighted by Crippen LogP contribution is -2.03. The topological polar surface area (TPSA) is 34.9 Å². The van der Waals surface area contributed by atoms with E-state index in [1.165, 1.54) is 0 Å². The van der Waals surface area contributed by atoms with Crippen LogP contribution in [0.2, 0.25) is 0 Å². The standard InChI is InChI=1S/C12H12N2O/c1-9-4-5-11(8-15)12(10(9)2)14-7-3-6-13-14/h3-8H,1-2H3. The first-order valence-electron chi connectivity index (χ1n) is 4.79. The van der Waals surface area contributed by atoms with Crippen molar-refractivity contribution in [1.82, 2.24) is 9.78 Å². The molecular formula is C12H12N2O. The van der Waals surface area contributed by atoms with Gasteiger partial charge in [0.05, 0.1) is 5.69 Å². The Morgan fingerprint density at radius 1 is 1.33 bits per heavy atom. The highest BCUT2D eigenvalue weighted by atomic mass is 16.1. The average Bonchev–Trinajstić information content (AvgIpc) is 2.75. The van der Waals surface area contributed by atoms with Crippen molar-refractivity contribution in [2.75, 3.05) is 0 Å². The van der Waals surface area contributed by atoms with Crippen LogP contribution >= 0.6 is 0 Å². The second-order valence-electron chi connectivity index (χ2n) is 3.51. The van der Waals surface area contributed by atoms with Crippen LogP contribution in [0.3, 0.4) is 0 Å². The summed E-state index contributed by atoms with van der Waals surface area (Å²) in [6, 6.07) is 5.62. The highest BCUT2D eigenvalue weighted by Crippen LogP contribution is 2.20. The van der Waals surface area contributed by atoms with Gasteiger partial charge in [-0.3, -0.25) is 4.79 Å². The molecule has 0 aliphatic heterocycles. The summed E-state index contributed by atoms with van der Waals surface area (Å²) in [5.74, 6) is 0. The summed E-state index contributed by atoms with van der Waals surface area (Å²) in [4.78, 5) is 10.9. The van der Waals surface area contributed by atoms with Crippen molar-refractivity contribution in [3.05, 3.63) is 47.3 Å². The van der Waals surface area contributed by atoms with Crippen LogP contribution in [0.15, 0.2) is 30.6 Å². The summed E-state index contributed by atoms with van der Waals surface area (Å²) in [6.07, 6.45) is 4.41. The third kappa shape index (κ3) is 1.56. The van der Waals surface area contributed by atoms with Gasteiger partial charge in [-0.15, -0.1) is 0 Å². The zero-order valence-electron chi connectivity index (χ0n) is 8.77. The van der Waals surface area contributed by atoms with E-state index >= 15 is 0 Å². The van der Waals surface area contributed by atoms with Gasteiger partial charge < -0.3 is 0 Å². The van der Waals surface area contributed by atoms with E-state index in [2.05, 4.69) is 5.10 Å². The molecule has 1 aromatic heterocycles. The first-order chi connectivity index (χ1) is 7.24. The zero-order valence-corrected chi connectivity index (χ0v) is 8.77. The van der Waals surface area contributed by atoms with Crippen molar-refractivity contribution >= 4 is 6.29 Å². The summed E-state index contributed by atoms with van der Waals surface area (Å²) in [6.45, 7) is 4.02. The number of nitrogens with zero attached hydrogens (tertiary/aromatic N) is 2. The molecular weight excluding hydrogens is 188 g/mol. The van der Waals surface area contributed by atoms with Gasteiger partial charge in [0, 0.05) is 18.0 Å². The quantitative estimate of drug-likeness (QED) is 0.697. The summed E-state index contributed by atoms with van der Waals surface area (Å²) in [7, 11) is 0. The van der Waals surface area contributed by atoms with Crippen molar-refractivity contribution in [3.8, 4) is 5.69 Å². The predicted molar refractivity (Wildman–Crippen MR) is 58.4 cm³/mol. The van der Waals surface area contributed by atoms with Crippen molar-refractivity contribution in [2.24, 2.45) is 0 Å². The molecule has 0 saturated carbocycles. The molecule has 1 aromatic carbocycles. The Bertz CT molecular complexity index is 487. The second kappa shape index (κ2) is 3.69. The van der Waals surface area contributed by atoms with Gasteiger partial charge in [0.2, 0.25) is 0 Å². The number of aryl methyl sites for hydroxylation is 1. The van der Waals surface area contributed by atoms with E-state index in [1.807, 2.05) is 38.2 Å². The van der Waals surface area contributed by atoms with Gasteiger partial charge in [0.15, 0.2) is 6.29 Å². The van der Waals surface area contributed by atoms with E-state index < -0.39 is 0 Å². The summed E-state index contributed by atoms with van der Waals surface area (Å²) in [5, 5.41) is 4.15. The van der Waals surface area contributed by atoms with E-state index in [0.717, 1.165) is 23.1 Å². The molecule has 0 N–H and O–H groups in total. The molecule has 0 atom stereocenters. The Kier molecular flexibility index (Phi) is 2.37. The summed E-state index contributed by atoms with van der Waals surface area (Å²) < 4.78 is 1.73. The molecule has 0 amide bonds. The Morgan fingerprint density at radius 3 is 2.73 bits per heavy atom. The third-order valence-electron chi connectivity index (χ3n) is 2.59. The van der Waals surface area contributed by atoms with E-state index in [-0.39, 0.29) is 0 Å². The Hall–Kier alpha value is -1.90. The van der Waals surface area contributed by atoms with E-state index in [4.69, 9.17) is 0 Å². The maximum atomic E-state index is 10.9. The third-order valence-corrected chi connectivity index (χ3v) is 2.59. The number of rotatable bonds is 2. The fourth-order valence-electron chi connectivity index (χ4n) is 1.62. The fourth-order valence-corrected chi connectivity index (χ4v) is 1.62. The molecule has 0 unspecified atom stereocenters. The molecule has 3 heteroatoms. The lowest BCUT2D eigenvalue weighted by molar-refractivity contribution is 0.112. The van der Waals surface area contributed by atoms with Crippen LogP contribution in [0.4, 0.5) is 0 Å². The number of carbonyl (C=O) groups excluding carboxylic acids is 1. The molecule has 0 radical (unpaired) electrons. The van der Waals surface area contributed by atoms with Gasteiger partial charge >= 0.3 is 0 Å². The largest absolute Gasteiger partial charge is 0.298 e. The van der Waals surface area contributed by atoms with Gasteiger partial charge in [-0.1, -0.05) is 6.07 Å². The summed E-state index contributed by atoms with van der Waals surface area (Å²) in [5.41, 5.74) is 3.78. The summed E-state index contributed by atoms with van der Waals surface area (Å²) >= 11 is 0. The minimum absolute atomic E-state index is 0.668. The minimum atomic E-state index is 0.668. The molecule has 0 spiro atoms. The molecule has 2 aromatic rings. The Morgan fingerprint density at radius 2 is 2.13 bits per heavy atom. The first-order valence-corrected chi connectivity index (χ1v) is 4.79. The molecule has 3 nitrogen and oxygen atoms in total. The predicted octanol–water partition coefficient (Wildman–Crippen LogP) is 2.30. The molecule has 2 rings (SSSR count). The highest BCUT2D eigenvalue weighted by Gasteiger charge is 2.09. The van der Waals surface area contributed by atoms with E-state index in [0.29, 0.717) is 5.56 Å². The monoisotopic (exact) mass is 200 g/mol. The molecule has 0 bridgehead atoms. The van der Waals surface area contributed by atoms with Crippen LogP contribution in [0.1, 0.15) is 21.5 Å². The fraction of sp³-hybridized carbons (Fsp3) is 0.167. The zero-order chi connectivity index (χ0) is 10.8. The highest BCUT2D eigenvalue weighted by molar-refractivity contribution is 5.82. The molecule has 0 aliphatic carbocycles. The number of hydrogen-bond donors (Lipinski definition) is 0. The smallest absolute Gasteiger partial charge is 0.152 e. The number of aromatic nitrogens is 2. The van der Waals surface area contributed by atoms with Gasteiger partial charge in [-0.25, -0.2) is 4.68 Å². The number of hydrogen-bond acceptors (Lipinski definition) is 2. The van der Waals surface area contributed by atoms with Crippen LogP contribution in [0.5, 0.6) is 0 Å². The van der Waals surface area contributed by atoms with Gasteiger partial charge in [0.25, 0.3) is 0 Å². The van der Waals surface area contributed by atoms with Crippen molar-refractivity contribution < 1.29 is 4.79 Å². The maximum Gasteiger partial charge on any atom is 0.152 e. The number of carbonyl (C=O) groups is 1. The van der Waals surface area contributed by atoms with Crippen LogP contribution < -0.4 is 0 Å². The maximum absolute atomic E-state index is 10.9. The molecule has 0 saturated heterocycles. The average molecular weight is 200 g/mol. The van der Waals surface area contributed by atoms with Gasteiger partial charge in [-0.05, 0) is 37.1 Å². The lowest BCUT2D eigenvalue weighted by Gasteiger charge is -2.11. The Labute approximate surface area is 88.4 Å². The van der Waals surface area contributed by atoms with Crippen LogP contribution in [-0.4, -0.2) is 16.1 Å². The van der Waals surface area contributed by atoms with Crippen molar-refractivity contribution in [2.45, 2.75) is 13.8 Å². The van der Waals surface area contributed by atoms with E-state index in [1.54, 1.807) is 10.9 Å². The van der Waals surface area contributed by atoms with Crippen LogP contribution in [0, 0.1) is 13.8 Å². The molecule has 0 aliphatic rings. The van der Waals surface area contributed by atoms with Crippen molar-refractivity contribution in [1.29, 1.82) is 0 Å². The molecule has 76 valence electrons. The first kappa shape index (κ1) is 9.65. The normalized spacial score (nSPS) is 10.3. The van der Waals surface area contributed by atoms with Gasteiger partial charge in [-0.2, -0.15) is 5.10 Å². The van der Waals surface area contributed by atoms with Crippen LogP contribution in [0.25, 0.3) is 5.69 Å². The Balaban J connectivity index is 2.72. The van der Waals surface area contributed by atoms with Crippen molar-refractivity contribution in [3.63, 3.8) is 0 Å². The molecule has 1 heterocycles. The van der Waals surface area contributed by atoms with Gasteiger partial charge in [0.1, 0.15) is 0 Å². The van der Waals surface area contributed by atoms with Crippen LogP contribution in [-0.2, 0) is 0 Å². The molecule has 15 heavy (non-hydrogen) atoms. The minimum Gasteiger partial charge on any atom is -0.298 e. The SMILES string of the molecule is Cc1ccc(C=O)c(-n2cccn2)c1C.